The minimum Gasteiger partial charge on any atom is -0.366 e. The molecule has 1 N–H and O–H groups in total. The van der Waals surface area contributed by atoms with Gasteiger partial charge in [-0.2, -0.15) is 0 Å². The van der Waals surface area contributed by atoms with Crippen molar-refractivity contribution in [1.29, 1.82) is 0 Å². The van der Waals surface area contributed by atoms with Gasteiger partial charge in [-0.05, 0) is 0 Å². The second-order valence-corrected chi connectivity index (χ2v) is 1.70. The van der Waals surface area contributed by atoms with E-state index in [1.54, 1.807) is 4.68 Å². The molecule has 41 valence electrons. The summed E-state index contributed by atoms with van der Waals surface area (Å²) in [5, 5.41) is 10.4. The maximum absolute atomic E-state index is 3.75. The van der Waals surface area contributed by atoms with E-state index in [2.05, 4.69) is 21.8 Å². The van der Waals surface area contributed by atoms with Gasteiger partial charge in [-0.25, -0.2) is 4.68 Å². The smallest absolute Gasteiger partial charge is 0.161 e. The van der Waals surface area contributed by atoms with Crippen LogP contribution in [0.15, 0.2) is 0 Å². The van der Waals surface area contributed by atoms with Crippen molar-refractivity contribution in [3.63, 3.8) is 0 Å². The lowest BCUT2D eigenvalue weighted by molar-refractivity contribution is 0.655. The Kier molecular flexibility index (Phi) is 0.588. The molecule has 1 aromatic rings. The molecule has 0 saturated carbocycles. The summed E-state index contributed by atoms with van der Waals surface area (Å²) in [4.78, 5) is 0. The lowest BCUT2D eigenvalue weighted by Crippen LogP contribution is -1.96. The summed E-state index contributed by atoms with van der Waals surface area (Å²) in [6, 6.07) is 0. The van der Waals surface area contributed by atoms with Gasteiger partial charge in [0.15, 0.2) is 12.0 Å². The number of nitrogens with one attached hydrogen (secondary N) is 1. The molecular formula is C4H5N4. The summed E-state index contributed by atoms with van der Waals surface area (Å²) in [7, 11) is 0. The van der Waals surface area contributed by atoms with E-state index in [4.69, 9.17) is 0 Å². The number of anilines is 1. The lowest BCUT2D eigenvalue weighted by Gasteiger charge is -1.83. The van der Waals surface area contributed by atoms with Gasteiger partial charge in [0.1, 0.15) is 0 Å². The van der Waals surface area contributed by atoms with E-state index in [-0.39, 0.29) is 0 Å². The van der Waals surface area contributed by atoms with Gasteiger partial charge >= 0.3 is 0 Å². The van der Waals surface area contributed by atoms with Gasteiger partial charge in [0.05, 0.1) is 6.54 Å². The van der Waals surface area contributed by atoms with Gasteiger partial charge in [0, 0.05) is 6.54 Å². The van der Waals surface area contributed by atoms with Crippen LogP contribution < -0.4 is 5.32 Å². The maximum atomic E-state index is 3.75. The topological polar surface area (TPSA) is 42.7 Å². The summed E-state index contributed by atoms with van der Waals surface area (Å²) < 4.78 is 1.79. The predicted octanol–water partition coefficient (Wildman–Crippen LogP) is -0.496. The van der Waals surface area contributed by atoms with Crippen LogP contribution in [0.5, 0.6) is 0 Å². The molecule has 0 unspecified atom stereocenters. The fourth-order valence-electron chi connectivity index (χ4n) is 0.794. The SMILES string of the molecule is [c]1nnn2c1NCC2. The van der Waals surface area contributed by atoms with Crippen LogP contribution >= 0.6 is 0 Å². The normalized spacial score (nSPS) is 15.5. The second-order valence-electron chi connectivity index (χ2n) is 1.70. The minimum absolute atomic E-state index is 0.907. The largest absolute Gasteiger partial charge is 0.366 e. The van der Waals surface area contributed by atoms with Crippen molar-refractivity contribution in [2.75, 3.05) is 11.9 Å². The molecule has 0 saturated heterocycles. The fraction of sp³-hybridized carbons (Fsp3) is 0.500. The summed E-state index contributed by atoms with van der Waals surface area (Å²) in [6.45, 7) is 1.88. The van der Waals surface area contributed by atoms with E-state index >= 15 is 0 Å². The molecular weight excluding hydrogens is 104 g/mol. The molecule has 1 radical (unpaired) electrons. The molecule has 4 heteroatoms. The third-order valence-electron chi connectivity index (χ3n) is 1.18. The van der Waals surface area contributed by atoms with Gasteiger partial charge in [-0.1, -0.05) is 5.21 Å². The van der Waals surface area contributed by atoms with E-state index in [9.17, 15) is 0 Å². The van der Waals surface area contributed by atoms with E-state index in [0.717, 1.165) is 18.9 Å². The van der Waals surface area contributed by atoms with Gasteiger partial charge in [0.25, 0.3) is 0 Å². The highest BCUT2D eigenvalue weighted by Crippen LogP contribution is 2.06. The predicted molar refractivity (Wildman–Crippen MR) is 27.3 cm³/mol. The average Bonchev–Trinajstić information content (AvgIpc) is 2.15. The number of hydrogen-bond acceptors (Lipinski definition) is 3. The Labute approximate surface area is 46.5 Å². The summed E-state index contributed by atoms with van der Waals surface area (Å²) >= 11 is 0. The Morgan fingerprint density at radius 2 is 2.75 bits per heavy atom. The van der Waals surface area contributed by atoms with E-state index in [1.807, 2.05) is 0 Å². The molecule has 2 heterocycles. The quantitative estimate of drug-likeness (QED) is 0.488. The highest BCUT2D eigenvalue weighted by Gasteiger charge is 2.08. The molecule has 2 rings (SSSR count). The highest BCUT2D eigenvalue weighted by atomic mass is 15.5. The zero-order valence-electron chi connectivity index (χ0n) is 4.26. The van der Waals surface area contributed by atoms with Crippen LogP contribution in [-0.2, 0) is 6.54 Å². The average molecular weight is 109 g/mol. The highest BCUT2D eigenvalue weighted by molar-refractivity contribution is 5.32. The Morgan fingerprint density at radius 3 is 3.62 bits per heavy atom. The summed E-state index contributed by atoms with van der Waals surface area (Å²) in [6.07, 6.45) is 2.71. The number of hydrogen-bond donors (Lipinski definition) is 1. The van der Waals surface area contributed by atoms with Crippen molar-refractivity contribution in [3.8, 4) is 0 Å². The van der Waals surface area contributed by atoms with Gasteiger partial charge in [0.2, 0.25) is 0 Å². The van der Waals surface area contributed by atoms with Gasteiger partial charge in [-0.3, -0.25) is 0 Å². The molecule has 0 bridgehead atoms. The van der Waals surface area contributed by atoms with E-state index in [0.29, 0.717) is 0 Å². The van der Waals surface area contributed by atoms with E-state index in [1.165, 1.54) is 0 Å². The Hall–Kier alpha value is -1.06. The molecule has 0 atom stereocenters. The molecule has 0 fully saturated rings. The zero-order chi connectivity index (χ0) is 5.40. The first-order valence-corrected chi connectivity index (χ1v) is 2.52. The van der Waals surface area contributed by atoms with Crippen molar-refractivity contribution in [2.24, 2.45) is 0 Å². The van der Waals surface area contributed by atoms with Crippen molar-refractivity contribution in [3.05, 3.63) is 6.20 Å². The zero-order valence-corrected chi connectivity index (χ0v) is 4.26. The Balaban J connectivity index is 2.54. The molecule has 0 aliphatic carbocycles. The molecule has 1 aromatic heterocycles. The van der Waals surface area contributed by atoms with Crippen molar-refractivity contribution >= 4 is 5.82 Å². The van der Waals surface area contributed by atoms with Crippen LogP contribution in [0.4, 0.5) is 5.82 Å². The minimum atomic E-state index is 0.907. The van der Waals surface area contributed by atoms with Crippen molar-refractivity contribution in [2.45, 2.75) is 6.54 Å². The van der Waals surface area contributed by atoms with Gasteiger partial charge in [-0.15, -0.1) is 5.10 Å². The first-order valence-electron chi connectivity index (χ1n) is 2.52. The van der Waals surface area contributed by atoms with E-state index < -0.39 is 0 Å². The van der Waals surface area contributed by atoms with Crippen LogP contribution in [0.1, 0.15) is 0 Å². The Morgan fingerprint density at radius 1 is 1.75 bits per heavy atom. The molecule has 0 spiro atoms. The first-order chi connectivity index (χ1) is 3.97. The van der Waals surface area contributed by atoms with Gasteiger partial charge < -0.3 is 5.32 Å². The fourth-order valence-corrected chi connectivity index (χ4v) is 0.794. The molecule has 0 aromatic carbocycles. The molecule has 4 nitrogen and oxygen atoms in total. The van der Waals surface area contributed by atoms with Crippen molar-refractivity contribution < 1.29 is 0 Å². The molecule has 1 aliphatic heterocycles. The van der Waals surface area contributed by atoms with Crippen LogP contribution in [0.25, 0.3) is 0 Å². The number of rotatable bonds is 0. The van der Waals surface area contributed by atoms with Crippen LogP contribution in [0.2, 0.25) is 0 Å². The first kappa shape index (κ1) is 3.88. The third-order valence-corrected chi connectivity index (χ3v) is 1.18. The molecule has 8 heavy (non-hydrogen) atoms. The number of fused-ring (bicyclic) bond motifs is 1. The lowest BCUT2D eigenvalue weighted by atomic mass is 10.7. The van der Waals surface area contributed by atoms with Crippen molar-refractivity contribution in [1.82, 2.24) is 15.0 Å². The van der Waals surface area contributed by atoms with Crippen LogP contribution in [0, 0.1) is 6.20 Å². The monoisotopic (exact) mass is 109 g/mol. The standard InChI is InChI=1S/C4H5N4/c1-2-8-4(5-1)3-6-7-8/h5H,1-2H2. The van der Waals surface area contributed by atoms with Crippen LogP contribution in [-0.4, -0.2) is 21.5 Å². The third kappa shape index (κ3) is 0.344. The maximum Gasteiger partial charge on any atom is 0.161 e. The summed E-state index contributed by atoms with van der Waals surface area (Å²) in [5.74, 6) is 0.907. The summed E-state index contributed by atoms with van der Waals surface area (Å²) in [5.41, 5.74) is 0. The Bertz CT molecular complexity index is 173. The number of nitrogens with zero attached hydrogens (tertiary/aromatic N) is 3. The molecule has 0 amide bonds. The second kappa shape index (κ2) is 1.21. The van der Waals surface area contributed by atoms with Crippen LogP contribution in [0.3, 0.4) is 0 Å². The molecule has 1 aliphatic rings. The number of aromatic nitrogens is 3.